The van der Waals surface area contributed by atoms with Crippen LogP contribution in [0.5, 0.6) is 0 Å². The Balaban J connectivity index is 2.23. The summed E-state index contributed by atoms with van der Waals surface area (Å²) in [7, 11) is 0. The molecule has 17 heavy (non-hydrogen) atoms. The molecule has 0 radical (unpaired) electrons. The molecule has 0 aliphatic rings. The minimum Gasteiger partial charge on any atom is -0.294 e. The summed E-state index contributed by atoms with van der Waals surface area (Å²) in [5, 5.41) is 0. The average Bonchev–Trinajstić information content (AvgIpc) is 2.68. The summed E-state index contributed by atoms with van der Waals surface area (Å²) in [6, 6.07) is 9.85. The molecule has 0 unspecified atom stereocenters. The molecule has 0 amide bonds. The molecule has 1 aromatic carbocycles. The van der Waals surface area contributed by atoms with Crippen LogP contribution in [0.1, 0.15) is 20.8 Å². The topological polar surface area (TPSA) is 17.1 Å². The Morgan fingerprint density at radius 1 is 1.35 bits per heavy atom. The second-order valence-corrected chi connectivity index (χ2v) is 7.37. The smallest absolute Gasteiger partial charge is 0.169 e. The largest absolute Gasteiger partial charge is 0.294 e. The van der Waals surface area contributed by atoms with Gasteiger partial charge >= 0.3 is 0 Å². The van der Waals surface area contributed by atoms with Crippen molar-refractivity contribution in [3.05, 3.63) is 53.7 Å². The van der Waals surface area contributed by atoms with Crippen LogP contribution in [0.4, 0.5) is 0 Å². The molecule has 1 aromatic heterocycles. The van der Waals surface area contributed by atoms with Crippen molar-refractivity contribution in [3.8, 4) is 0 Å². The number of halogens is 2. The van der Waals surface area contributed by atoms with Crippen molar-refractivity contribution in [2.45, 2.75) is 13.3 Å². The average molecular weight is 421 g/mol. The van der Waals surface area contributed by atoms with E-state index in [2.05, 4.69) is 38.5 Å². The number of carbonyl (C=O) groups is 1. The Bertz CT molecular complexity index is 562. The van der Waals surface area contributed by atoms with Gasteiger partial charge in [-0.3, -0.25) is 4.79 Å². The molecule has 0 atom stereocenters. The van der Waals surface area contributed by atoms with Crippen LogP contribution in [0.25, 0.3) is 0 Å². The van der Waals surface area contributed by atoms with Gasteiger partial charge in [0.2, 0.25) is 0 Å². The summed E-state index contributed by atoms with van der Waals surface area (Å²) in [6.45, 7) is 2.03. The lowest BCUT2D eigenvalue weighted by Crippen LogP contribution is -2.05. The van der Waals surface area contributed by atoms with Gasteiger partial charge in [0.15, 0.2) is 5.78 Å². The highest BCUT2D eigenvalue weighted by Crippen LogP contribution is 2.24. The third-order valence-corrected chi connectivity index (χ3v) is 5.51. The second-order valence-electron chi connectivity index (χ2n) is 3.74. The molecule has 0 fully saturated rings. The molecule has 0 spiro atoms. The van der Waals surface area contributed by atoms with E-state index in [0.717, 1.165) is 23.4 Å². The van der Waals surface area contributed by atoms with E-state index in [-0.39, 0.29) is 5.78 Å². The Kier molecular flexibility index (Phi) is 4.38. The summed E-state index contributed by atoms with van der Waals surface area (Å²) < 4.78 is 2.13. The number of aryl methyl sites for hydroxylation is 1. The van der Waals surface area contributed by atoms with Gasteiger partial charge in [0.25, 0.3) is 0 Å². The molecule has 0 aliphatic heterocycles. The van der Waals surface area contributed by atoms with E-state index >= 15 is 0 Å². The number of ketones is 1. The first kappa shape index (κ1) is 13.2. The maximum atomic E-state index is 12.2. The molecule has 4 heteroatoms. The predicted octanol–water partition coefficient (Wildman–Crippen LogP) is 4.85. The first-order valence-electron chi connectivity index (χ1n) is 5.10. The lowest BCUT2D eigenvalue weighted by molar-refractivity contribution is 0.0993. The van der Waals surface area contributed by atoms with E-state index in [1.54, 1.807) is 11.3 Å². The van der Waals surface area contributed by atoms with Gasteiger partial charge in [-0.05, 0) is 63.1 Å². The minimum atomic E-state index is 0.187. The van der Waals surface area contributed by atoms with Gasteiger partial charge in [0, 0.05) is 20.4 Å². The molecule has 0 bridgehead atoms. The SMILES string of the molecule is Cc1cccc(C(=O)Cc2ccc(Br)s2)c1I. The molecule has 1 nitrogen and oxygen atoms in total. The lowest BCUT2D eigenvalue weighted by Gasteiger charge is -2.05. The molecule has 0 aliphatic carbocycles. The van der Waals surface area contributed by atoms with Gasteiger partial charge < -0.3 is 0 Å². The number of rotatable bonds is 3. The highest BCUT2D eigenvalue weighted by molar-refractivity contribution is 14.1. The minimum absolute atomic E-state index is 0.187. The standard InChI is InChI=1S/C13H10BrIOS/c1-8-3-2-4-10(13(8)15)11(16)7-9-5-6-12(14)17-9/h2-6H,7H2,1H3. The molecule has 1 heterocycles. The van der Waals surface area contributed by atoms with Crippen molar-refractivity contribution in [2.24, 2.45) is 0 Å². The number of benzene rings is 1. The van der Waals surface area contributed by atoms with E-state index in [0.29, 0.717) is 6.42 Å². The Hall–Kier alpha value is -0.200. The number of thiophene rings is 1. The summed E-state index contributed by atoms with van der Waals surface area (Å²) in [4.78, 5) is 13.3. The van der Waals surface area contributed by atoms with Gasteiger partial charge in [-0.1, -0.05) is 18.2 Å². The number of hydrogen-bond acceptors (Lipinski definition) is 2. The van der Waals surface area contributed by atoms with E-state index in [4.69, 9.17) is 0 Å². The second kappa shape index (κ2) is 5.63. The zero-order chi connectivity index (χ0) is 12.4. The third kappa shape index (κ3) is 3.17. The molecule has 88 valence electrons. The molecule has 2 rings (SSSR count). The molecule has 0 saturated heterocycles. The van der Waals surface area contributed by atoms with Crippen LogP contribution in [-0.2, 0) is 6.42 Å². The van der Waals surface area contributed by atoms with Crippen molar-refractivity contribution in [3.63, 3.8) is 0 Å². The van der Waals surface area contributed by atoms with Gasteiger partial charge in [-0.2, -0.15) is 0 Å². The highest BCUT2D eigenvalue weighted by Gasteiger charge is 2.12. The quantitative estimate of drug-likeness (QED) is 0.512. The predicted molar refractivity (Wildman–Crippen MR) is 83.9 cm³/mol. The van der Waals surface area contributed by atoms with Crippen LogP contribution in [0, 0.1) is 10.5 Å². The Morgan fingerprint density at radius 3 is 2.76 bits per heavy atom. The van der Waals surface area contributed by atoms with Crippen LogP contribution >= 0.6 is 49.9 Å². The van der Waals surface area contributed by atoms with Crippen LogP contribution in [0.2, 0.25) is 0 Å². The fourth-order valence-corrected chi connectivity index (χ4v) is 3.71. The van der Waals surface area contributed by atoms with Crippen LogP contribution in [0.15, 0.2) is 34.1 Å². The molecular weight excluding hydrogens is 411 g/mol. The number of carbonyl (C=O) groups excluding carboxylic acids is 1. The fraction of sp³-hybridized carbons (Fsp3) is 0.154. The Labute approximate surface area is 127 Å². The Morgan fingerprint density at radius 2 is 2.12 bits per heavy atom. The van der Waals surface area contributed by atoms with Crippen molar-refractivity contribution < 1.29 is 4.79 Å². The van der Waals surface area contributed by atoms with E-state index in [1.807, 2.05) is 37.3 Å². The number of hydrogen-bond donors (Lipinski definition) is 0. The summed E-state index contributed by atoms with van der Waals surface area (Å²) in [6.07, 6.45) is 0.482. The third-order valence-electron chi connectivity index (χ3n) is 2.46. The monoisotopic (exact) mass is 420 g/mol. The maximum Gasteiger partial charge on any atom is 0.169 e. The van der Waals surface area contributed by atoms with Crippen molar-refractivity contribution in [1.29, 1.82) is 0 Å². The zero-order valence-corrected chi connectivity index (χ0v) is 13.7. The van der Waals surface area contributed by atoms with Crippen LogP contribution in [-0.4, -0.2) is 5.78 Å². The van der Waals surface area contributed by atoms with Crippen molar-refractivity contribution >= 4 is 55.6 Å². The molecular formula is C13H10BrIOS. The first-order chi connectivity index (χ1) is 8.08. The molecule has 0 N–H and O–H groups in total. The summed E-state index contributed by atoms with van der Waals surface area (Å²) in [5.41, 5.74) is 1.99. The zero-order valence-electron chi connectivity index (χ0n) is 9.17. The lowest BCUT2D eigenvalue weighted by atomic mass is 10.1. The van der Waals surface area contributed by atoms with E-state index < -0.39 is 0 Å². The highest BCUT2D eigenvalue weighted by atomic mass is 127. The first-order valence-corrected chi connectivity index (χ1v) is 7.79. The summed E-state index contributed by atoms with van der Waals surface area (Å²) >= 11 is 7.27. The van der Waals surface area contributed by atoms with Gasteiger partial charge in [0.05, 0.1) is 3.79 Å². The van der Waals surface area contributed by atoms with E-state index in [9.17, 15) is 4.79 Å². The normalized spacial score (nSPS) is 10.5. The van der Waals surface area contributed by atoms with Crippen LogP contribution in [0.3, 0.4) is 0 Å². The van der Waals surface area contributed by atoms with Crippen molar-refractivity contribution in [2.75, 3.05) is 0 Å². The van der Waals surface area contributed by atoms with E-state index in [1.165, 1.54) is 0 Å². The van der Waals surface area contributed by atoms with Gasteiger partial charge in [0.1, 0.15) is 0 Å². The maximum absolute atomic E-state index is 12.2. The fourth-order valence-electron chi connectivity index (χ4n) is 1.56. The summed E-state index contributed by atoms with van der Waals surface area (Å²) in [5.74, 6) is 0.187. The molecule has 2 aromatic rings. The van der Waals surface area contributed by atoms with Gasteiger partial charge in [-0.25, -0.2) is 0 Å². The van der Waals surface area contributed by atoms with Crippen LogP contribution < -0.4 is 0 Å². The number of Topliss-reactive ketones (excluding diaryl/α,β-unsaturated/α-hetero) is 1. The molecule has 0 saturated carbocycles. The van der Waals surface area contributed by atoms with Gasteiger partial charge in [-0.15, -0.1) is 11.3 Å². The van der Waals surface area contributed by atoms with Crippen molar-refractivity contribution in [1.82, 2.24) is 0 Å².